The maximum Gasteiger partial charge on any atom is 0.242 e. The zero-order valence-corrected chi connectivity index (χ0v) is 27.3. The summed E-state index contributed by atoms with van der Waals surface area (Å²) in [6.07, 6.45) is 2.59. The van der Waals surface area contributed by atoms with E-state index in [0.29, 0.717) is 11.7 Å². The van der Waals surface area contributed by atoms with Gasteiger partial charge in [-0.3, -0.25) is 4.79 Å². The van der Waals surface area contributed by atoms with Crippen molar-refractivity contribution < 1.29 is 17.9 Å². The van der Waals surface area contributed by atoms with Gasteiger partial charge in [-0.15, -0.1) is 11.3 Å². The van der Waals surface area contributed by atoms with Gasteiger partial charge in [-0.25, -0.2) is 23.1 Å². The van der Waals surface area contributed by atoms with Crippen LogP contribution in [0.3, 0.4) is 0 Å². The van der Waals surface area contributed by atoms with Crippen LogP contribution in [0, 0.1) is 5.92 Å². The van der Waals surface area contributed by atoms with Crippen molar-refractivity contribution >= 4 is 43.9 Å². The molecule has 2 N–H and O–H groups in total. The first-order valence-electron chi connectivity index (χ1n) is 14.8. The minimum Gasteiger partial charge on any atom is -0.473 e. The molecule has 0 saturated heterocycles. The number of aromatic nitrogens is 2. The van der Waals surface area contributed by atoms with Crippen LogP contribution in [0.1, 0.15) is 59.9 Å². The van der Waals surface area contributed by atoms with E-state index in [4.69, 9.17) is 9.72 Å². The lowest BCUT2D eigenvalue weighted by Crippen LogP contribution is -2.32. The molecule has 2 aliphatic rings. The molecule has 0 radical (unpaired) electrons. The highest BCUT2D eigenvalue weighted by molar-refractivity contribution is 7.90. The number of benzene rings is 2. The Morgan fingerprint density at radius 3 is 2.14 bits per heavy atom. The number of hydrogen-bond donors (Lipinski definition) is 2. The zero-order chi connectivity index (χ0) is 31.1. The summed E-state index contributed by atoms with van der Waals surface area (Å²) in [5.41, 5.74) is 4.95. The minimum absolute atomic E-state index is 0.00704. The number of thiophene rings is 1. The first kappa shape index (κ1) is 32.6. The SMILES string of the molecule is CC(C)C(=O)[C@@H]1Cc2ccccc2N1.CC(C)NS(=O)(=O)C1CC1.CC(C)Oc1nc2ccccc2nc1-c1cccs1. The third kappa shape index (κ3) is 9.08. The van der Waals surface area contributed by atoms with Crippen LogP contribution in [0.4, 0.5) is 5.69 Å². The van der Waals surface area contributed by atoms with Crippen molar-refractivity contribution in [2.24, 2.45) is 5.92 Å². The predicted molar refractivity (Wildman–Crippen MR) is 176 cm³/mol. The van der Waals surface area contributed by atoms with E-state index in [2.05, 4.69) is 21.1 Å². The summed E-state index contributed by atoms with van der Waals surface area (Å²) in [7, 11) is -2.94. The van der Waals surface area contributed by atoms with Crippen LogP contribution in [0.25, 0.3) is 21.6 Å². The smallest absolute Gasteiger partial charge is 0.242 e. The zero-order valence-electron chi connectivity index (χ0n) is 25.7. The number of rotatable bonds is 8. The van der Waals surface area contributed by atoms with Gasteiger partial charge in [-0.2, -0.15) is 0 Å². The van der Waals surface area contributed by atoms with Crippen molar-refractivity contribution in [2.45, 2.75) is 84.2 Å². The lowest BCUT2D eigenvalue weighted by molar-refractivity contribution is -0.122. The maximum absolute atomic E-state index is 11.8. The number of hydrogen-bond acceptors (Lipinski definition) is 8. The highest BCUT2D eigenvalue weighted by atomic mass is 32.2. The Bertz CT molecular complexity index is 1590. The van der Waals surface area contributed by atoms with Crippen LogP contribution in [-0.4, -0.2) is 47.6 Å². The number of para-hydroxylation sites is 3. The molecule has 1 aliphatic carbocycles. The van der Waals surface area contributed by atoms with E-state index in [1.165, 1.54) is 5.56 Å². The molecule has 1 saturated carbocycles. The van der Waals surface area contributed by atoms with E-state index in [1.54, 1.807) is 11.3 Å². The van der Waals surface area contributed by atoms with Gasteiger partial charge in [0.05, 0.1) is 33.3 Å². The standard InChI is InChI=1S/C15H14N2OS.C12H15NO.C6H13NO2S/c1-10(2)18-15-14(13-8-5-9-19-13)16-11-6-3-4-7-12(11)17-15;1-8(2)12(14)11-7-9-5-3-4-6-10(9)13-11;1-5(2)7-10(8,9)6-3-4-6/h3-10H,1-2H3;3-6,8,11,13H,7H2,1-2H3;5-7H,3-4H2,1-2H3/t;11-;/m.0./s1. The summed E-state index contributed by atoms with van der Waals surface area (Å²) in [5.74, 6) is 1.03. The van der Waals surface area contributed by atoms with E-state index >= 15 is 0 Å². The second-order valence-electron chi connectivity index (χ2n) is 11.6. The molecule has 230 valence electrons. The normalized spacial score (nSPS) is 15.8. The summed E-state index contributed by atoms with van der Waals surface area (Å²) >= 11 is 1.64. The Morgan fingerprint density at radius 1 is 0.930 bits per heavy atom. The molecule has 8 nitrogen and oxygen atoms in total. The molecule has 10 heteroatoms. The Morgan fingerprint density at radius 2 is 1.58 bits per heavy atom. The second-order valence-corrected chi connectivity index (χ2v) is 14.6. The summed E-state index contributed by atoms with van der Waals surface area (Å²) < 4.78 is 30.5. The van der Waals surface area contributed by atoms with E-state index in [0.717, 1.165) is 46.6 Å². The van der Waals surface area contributed by atoms with Gasteiger partial charge in [-0.05, 0) is 75.7 Å². The van der Waals surface area contributed by atoms with Crippen molar-refractivity contribution in [3.63, 3.8) is 0 Å². The highest BCUT2D eigenvalue weighted by Crippen LogP contribution is 2.32. The number of nitrogens with zero attached hydrogens (tertiary/aromatic N) is 2. The van der Waals surface area contributed by atoms with Crippen LogP contribution < -0.4 is 14.8 Å². The average molecular weight is 623 g/mol. The fourth-order valence-corrected chi connectivity index (χ4v) is 6.85. The number of nitrogens with one attached hydrogen (secondary N) is 2. The van der Waals surface area contributed by atoms with Crippen LogP contribution in [-0.2, 0) is 21.2 Å². The van der Waals surface area contributed by atoms with Gasteiger partial charge in [0.1, 0.15) is 5.69 Å². The molecule has 43 heavy (non-hydrogen) atoms. The number of Topliss-reactive ketones (excluding diaryl/α,β-unsaturated/α-hetero) is 1. The molecule has 1 atom stereocenters. The molecule has 0 unspecified atom stereocenters. The molecular formula is C33H42N4O4S2. The third-order valence-corrected chi connectivity index (χ3v) is 9.71. The lowest BCUT2D eigenvalue weighted by Gasteiger charge is -2.12. The molecule has 2 aromatic heterocycles. The quantitative estimate of drug-likeness (QED) is 0.221. The van der Waals surface area contributed by atoms with Gasteiger partial charge in [0, 0.05) is 24.1 Å². The topological polar surface area (TPSA) is 110 Å². The minimum atomic E-state index is -2.94. The molecule has 0 bridgehead atoms. The van der Waals surface area contributed by atoms with Gasteiger partial charge >= 0.3 is 0 Å². The molecule has 1 fully saturated rings. The Hall–Kier alpha value is -3.34. The molecule has 6 rings (SSSR count). The number of fused-ring (bicyclic) bond motifs is 2. The molecule has 2 aromatic carbocycles. The highest BCUT2D eigenvalue weighted by Gasteiger charge is 2.35. The monoisotopic (exact) mass is 622 g/mol. The van der Waals surface area contributed by atoms with E-state index in [-0.39, 0.29) is 29.4 Å². The van der Waals surface area contributed by atoms with Crippen LogP contribution in [0.2, 0.25) is 0 Å². The number of carbonyl (C=O) groups is 1. The number of ether oxygens (including phenoxy) is 1. The van der Waals surface area contributed by atoms with Crippen LogP contribution in [0.15, 0.2) is 66.0 Å². The molecule has 0 amide bonds. The van der Waals surface area contributed by atoms with Gasteiger partial charge < -0.3 is 10.1 Å². The molecular weight excluding hydrogens is 581 g/mol. The average Bonchev–Trinajstić information content (AvgIpc) is 3.52. The summed E-state index contributed by atoms with van der Waals surface area (Å²) in [5, 5.41) is 5.21. The molecule has 4 aromatic rings. The number of sulfonamides is 1. The van der Waals surface area contributed by atoms with Gasteiger partial charge in [0.15, 0.2) is 5.78 Å². The van der Waals surface area contributed by atoms with E-state index in [1.807, 2.05) is 102 Å². The third-order valence-electron chi connectivity index (χ3n) is 6.69. The van der Waals surface area contributed by atoms with Crippen LogP contribution in [0.5, 0.6) is 5.88 Å². The first-order valence-corrected chi connectivity index (χ1v) is 17.2. The van der Waals surface area contributed by atoms with Crippen molar-refractivity contribution in [1.29, 1.82) is 0 Å². The Kier molecular flexibility index (Phi) is 10.9. The maximum atomic E-state index is 11.8. The number of carbonyl (C=O) groups excluding carboxylic acids is 1. The summed E-state index contributed by atoms with van der Waals surface area (Å²) in [6, 6.07) is 20.0. The number of anilines is 1. The Labute approximate surface area is 259 Å². The predicted octanol–water partition coefficient (Wildman–Crippen LogP) is 6.87. The van der Waals surface area contributed by atoms with E-state index in [9.17, 15) is 13.2 Å². The molecule has 1 aliphatic heterocycles. The summed E-state index contributed by atoms with van der Waals surface area (Å²) in [4.78, 5) is 22.1. The largest absolute Gasteiger partial charge is 0.473 e. The van der Waals surface area contributed by atoms with Crippen molar-refractivity contribution in [3.8, 4) is 16.5 Å². The summed E-state index contributed by atoms with van der Waals surface area (Å²) in [6.45, 7) is 11.6. The first-order chi connectivity index (χ1) is 20.4. The second kappa shape index (κ2) is 14.4. The van der Waals surface area contributed by atoms with Crippen molar-refractivity contribution in [2.75, 3.05) is 5.32 Å². The van der Waals surface area contributed by atoms with Gasteiger partial charge in [-0.1, -0.05) is 50.2 Å². The van der Waals surface area contributed by atoms with Gasteiger partial charge in [0.25, 0.3) is 0 Å². The lowest BCUT2D eigenvalue weighted by atomic mass is 9.99. The van der Waals surface area contributed by atoms with E-state index < -0.39 is 10.0 Å². The molecule has 0 spiro atoms. The fourth-order valence-electron chi connectivity index (χ4n) is 4.54. The number of ketones is 1. The van der Waals surface area contributed by atoms with Crippen molar-refractivity contribution in [3.05, 3.63) is 71.6 Å². The van der Waals surface area contributed by atoms with Crippen LogP contribution >= 0.6 is 11.3 Å². The van der Waals surface area contributed by atoms with Crippen molar-refractivity contribution in [1.82, 2.24) is 14.7 Å². The van der Waals surface area contributed by atoms with Gasteiger partial charge in [0.2, 0.25) is 15.9 Å². The fraction of sp³-hybridized carbons (Fsp3) is 0.424. The molecule has 3 heterocycles. The Balaban J connectivity index is 0.000000156.